The zero-order chi connectivity index (χ0) is 17.4. The molecule has 1 atom stereocenters. The lowest BCUT2D eigenvalue weighted by atomic mass is 9.83. The summed E-state index contributed by atoms with van der Waals surface area (Å²) in [5.41, 5.74) is 13.3. The van der Waals surface area contributed by atoms with Crippen molar-refractivity contribution < 1.29 is 9.66 Å². The van der Waals surface area contributed by atoms with E-state index in [9.17, 15) is 15.4 Å². The Balaban J connectivity index is 2.22. The summed E-state index contributed by atoms with van der Waals surface area (Å²) >= 11 is 6.23. The minimum atomic E-state index is -0.590. The Morgan fingerprint density at radius 1 is 1.21 bits per heavy atom. The monoisotopic (exact) mass is 342 g/mol. The molecular formula is C16H11ClN4O3. The number of anilines is 1. The van der Waals surface area contributed by atoms with Crippen LogP contribution in [0.1, 0.15) is 17.0 Å². The largest absolute Gasteiger partial charge is 0.440 e. The van der Waals surface area contributed by atoms with Crippen LogP contribution in [0, 0.1) is 21.4 Å². The lowest BCUT2D eigenvalue weighted by Gasteiger charge is -2.27. The molecule has 1 heterocycles. The number of benzene rings is 2. The van der Waals surface area contributed by atoms with Crippen LogP contribution >= 0.6 is 11.6 Å². The normalized spacial score (nSPS) is 16.1. The predicted molar refractivity (Wildman–Crippen MR) is 88.3 cm³/mol. The van der Waals surface area contributed by atoms with Crippen molar-refractivity contribution in [2.75, 3.05) is 5.73 Å². The molecular weight excluding hydrogens is 332 g/mol. The molecule has 0 radical (unpaired) electrons. The molecule has 0 fully saturated rings. The maximum atomic E-state index is 10.9. The molecule has 120 valence electrons. The number of hydrogen-bond acceptors (Lipinski definition) is 6. The number of nitrogens with zero attached hydrogens (tertiary/aromatic N) is 2. The fraction of sp³-hybridized carbons (Fsp3) is 0.0625. The molecule has 0 aliphatic carbocycles. The van der Waals surface area contributed by atoms with Crippen molar-refractivity contribution in [2.45, 2.75) is 5.92 Å². The van der Waals surface area contributed by atoms with Gasteiger partial charge in [-0.3, -0.25) is 10.1 Å². The Hall–Kier alpha value is -3.24. The van der Waals surface area contributed by atoms with Crippen LogP contribution in [0.15, 0.2) is 47.9 Å². The Kier molecular flexibility index (Phi) is 3.75. The molecule has 3 rings (SSSR count). The van der Waals surface area contributed by atoms with E-state index in [2.05, 4.69) is 0 Å². The third-order valence-electron chi connectivity index (χ3n) is 3.75. The van der Waals surface area contributed by atoms with Gasteiger partial charge in [0, 0.05) is 29.4 Å². The van der Waals surface area contributed by atoms with Crippen LogP contribution in [0.2, 0.25) is 5.02 Å². The lowest BCUT2D eigenvalue weighted by molar-refractivity contribution is -0.384. The summed E-state index contributed by atoms with van der Waals surface area (Å²) in [5.74, 6) is -0.214. The third kappa shape index (κ3) is 2.49. The standard InChI is InChI=1S/C16H11ClN4O3/c17-13-6-9(21(22)23)2-4-10(13)15-11-3-1-8(19)5-14(11)24-16(20)12(15)7-18/h1-6,15H,19-20H2/t15-/m0/s1. The van der Waals surface area contributed by atoms with E-state index >= 15 is 0 Å². The fourth-order valence-electron chi connectivity index (χ4n) is 2.66. The van der Waals surface area contributed by atoms with Crippen LogP contribution in [0.4, 0.5) is 11.4 Å². The van der Waals surface area contributed by atoms with E-state index in [4.69, 9.17) is 27.8 Å². The quantitative estimate of drug-likeness (QED) is 0.490. The summed E-state index contributed by atoms with van der Waals surface area (Å²) in [4.78, 5) is 10.3. The number of nitrogens with two attached hydrogens (primary N) is 2. The second kappa shape index (κ2) is 5.76. The van der Waals surface area contributed by atoms with Crippen LogP contribution in [0.5, 0.6) is 5.75 Å². The van der Waals surface area contributed by atoms with Gasteiger partial charge < -0.3 is 16.2 Å². The van der Waals surface area contributed by atoms with E-state index in [1.165, 1.54) is 18.2 Å². The maximum Gasteiger partial charge on any atom is 0.270 e. The van der Waals surface area contributed by atoms with Gasteiger partial charge in [0.2, 0.25) is 5.88 Å². The number of rotatable bonds is 2. The SMILES string of the molecule is N#CC1=C(N)Oc2cc(N)ccc2[C@@H]1c1ccc([N+](=O)[O-])cc1Cl. The van der Waals surface area contributed by atoms with Gasteiger partial charge in [-0.05, 0) is 17.7 Å². The molecule has 0 spiro atoms. The van der Waals surface area contributed by atoms with Crippen LogP contribution in [-0.4, -0.2) is 4.92 Å². The highest BCUT2D eigenvalue weighted by molar-refractivity contribution is 6.31. The predicted octanol–water partition coefficient (Wildman–Crippen LogP) is 3.05. The van der Waals surface area contributed by atoms with Gasteiger partial charge in [-0.15, -0.1) is 0 Å². The van der Waals surface area contributed by atoms with E-state index in [0.29, 0.717) is 22.6 Å². The zero-order valence-electron chi connectivity index (χ0n) is 12.2. The number of hydrogen-bond donors (Lipinski definition) is 2. The third-order valence-corrected chi connectivity index (χ3v) is 4.08. The van der Waals surface area contributed by atoms with Gasteiger partial charge in [0.1, 0.15) is 17.4 Å². The van der Waals surface area contributed by atoms with Gasteiger partial charge in [0.05, 0.1) is 15.9 Å². The topological polar surface area (TPSA) is 128 Å². The van der Waals surface area contributed by atoms with Crippen molar-refractivity contribution in [1.82, 2.24) is 0 Å². The number of nitro groups is 1. The van der Waals surface area contributed by atoms with Crippen LogP contribution < -0.4 is 16.2 Å². The van der Waals surface area contributed by atoms with Crippen molar-refractivity contribution in [3.05, 3.63) is 74.1 Å². The minimum Gasteiger partial charge on any atom is -0.440 e. The average Bonchev–Trinajstić information content (AvgIpc) is 2.53. The molecule has 0 saturated heterocycles. The minimum absolute atomic E-state index is 0.0463. The molecule has 8 heteroatoms. The van der Waals surface area contributed by atoms with Crippen LogP contribution in [0.25, 0.3) is 0 Å². The molecule has 1 aliphatic rings. The number of ether oxygens (including phenoxy) is 1. The number of fused-ring (bicyclic) bond motifs is 1. The second-order valence-electron chi connectivity index (χ2n) is 5.18. The first-order chi connectivity index (χ1) is 11.4. The van der Waals surface area contributed by atoms with Crippen LogP contribution in [0.3, 0.4) is 0 Å². The van der Waals surface area contributed by atoms with E-state index < -0.39 is 10.8 Å². The first-order valence-corrected chi connectivity index (χ1v) is 7.21. The first kappa shape index (κ1) is 15.6. The van der Waals surface area contributed by atoms with Crippen molar-refractivity contribution in [3.8, 4) is 11.8 Å². The number of halogens is 1. The van der Waals surface area contributed by atoms with Crippen molar-refractivity contribution >= 4 is 23.0 Å². The second-order valence-corrected chi connectivity index (χ2v) is 5.59. The van der Waals surface area contributed by atoms with E-state index in [1.807, 2.05) is 6.07 Å². The Morgan fingerprint density at radius 2 is 1.92 bits per heavy atom. The molecule has 24 heavy (non-hydrogen) atoms. The van der Waals surface area contributed by atoms with E-state index in [1.54, 1.807) is 18.2 Å². The highest BCUT2D eigenvalue weighted by atomic mass is 35.5. The zero-order valence-corrected chi connectivity index (χ0v) is 12.9. The molecule has 0 amide bonds. The molecule has 0 bridgehead atoms. The molecule has 0 unspecified atom stereocenters. The van der Waals surface area contributed by atoms with Crippen molar-refractivity contribution in [1.29, 1.82) is 5.26 Å². The molecule has 0 aromatic heterocycles. The number of nitriles is 1. The highest BCUT2D eigenvalue weighted by Gasteiger charge is 2.32. The first-order valence-electron chi connectivity index (χ1n) is 6.83. The molecule has 0 saturated carbocycles. The summed E-state index contributed by atoms with van der Waals surface area (Å²) in [6, 6.07) is 11.1. The fourth-order valence-corrected chi connectivity index (χ4v) is 2.94. The van der Waals surface area contributed by atoms with Gasteiger partial charge in [0.15, 0.2) is 0 Å². The Bertz CT molecular complexity index is 933. The average molecular weight is 343 g/mol. The molecule has 4 N–H and O–H groups in total. The van der Waals surface area contributed by atoms with Gasteiger partial charge in [-0.25, -0.2) is 0 Å². The summed E-state index contributed by atoms with van der Waals surface area (Å²) < 4.78 is 5.47. The summed E-state index contributed by atoms with van der Waals surface area (Å²) in [6.07, 6.45) is 0. The van der Waals surface area contributed by atoms with Gasteiger partial charge in [0.25, 0.3) is 5.69 Å². The van der Waals surface area contributed by atoms with E-state index in [-0.39, 0.29) is 22.2 Å². The van der Waals surface area contributed by atoms with Gasteiger partial charge >= 0.3 is 0 Å². The van der Waals surface area contributed by atoms with Crippen LogP contribution in [-0.2, 0) is 0 Å². The molecule has 7 nitrogen and oxygen atoms in total. The number of nitro benzene ring substituents is 1. The Morgan fingerprint density at radius 3 is 2.54 bits per heavy atom. The number of non-ortho nitro benzene ring substituents is 1. The summed E-state index contributed by atoms with van der Waals surface area (Å²) in [5, 5.41) is 20.5. The van der Waals surface area contributed by atoms with Crippen molar-refractivity contribution in [3.63, 3.8) is 0 Å². The summed E-state index contributed by atoms with van der Waals surface area (Å²) in [7, 11) is 0. The highest BCUT2D eigenvalue weighted by Crippen LogP contribution is 2.45. The lowest BCUT2D eigenvalue weighted by Crippen LogP contribution is -2.21. The number of allylic oxidation sites excluding steroid dienone is 1. The van der Waals surface area contributed by atoms with Gasteiger partial charge in [-0.1, -0.05) is 17.7 Å². The molecule has 2 aromatic rings. The Labute approximate surface area is 141 Å². The molecule has 1 aliphatic heterocycles. The smallest absolute Gasteiger partial charge is 0.270 e. The molecule has 2 aromatic carbocycles. The summed E-state index contributed by atoms with van der Waals surface area (Å²) in [6.45, 7) is 0. The van der Waals surface area contributed by atoms with Crippen molar-refractivity contribution in [2.24, 2.45) is 5.73 Å². The maximum absolute atomic E-state index is 10.9. The number of nitrogen functional groups attached to an aromatic ring is 1. The van der Waals surface area contributed by atoms with E-state index in [0.717, 1.165) is 0 Å². The van der Waals surface area contributed by atoms with Gasteiger partial charge in [-0.2, -0.15) is 5.26 Å².